The van der Waals surface area contributed by atoms with Crippen molar-refractivity contribution in [2.75, 3.05) is 32.7 Å². The van der Waals surface area contributed by atoms with Gasteiger partial charge < -0.3 is 15.5 Å². The third-order valence-corrected chi connectivity index (χ3v) is 3.07. The van der Waals surface area contributed by atoms with Crippen molar-refractivity contribution in [2.24, 2.45) is 10.9 Å². The minimum absolute atomic E-state index is 0. The molecule has 0 aliphatic rings. The first-order chi connectivity index (χ1) is 9.54. The second kappa shape index (κ2) is 14.4. The molecule has 0 aliphatic heterocycles. The number of hydrogen-bond acceptors (Lipinski definition) is 2. The zero-order chi connectivity index (χ0) is 15.4. The fraction of sp³-hybridized carbons (Fsp3) is 0.867. The highest BCUT2D eigenvalue weighted by atomic mass is 127. The van der Waals surface area contributed by atoms with Gasteiger partial charge in [0.15, 0.2) is 5.96 Å². The van der Waals surface area contributed by atoms with Gasteiger partial charge in [-0.1, -0.05) is 13.8 Å². The van der Waals surface area contributed by atoms with Crippen LogP contribution in [0.25, 0.3) is 0 Å². The molecule has 5 nitrogen and oxygen atoms in total. The van der Waals surface area contributed by atoms with Crippen molar-refractivity contribution >= 4 is 35.8 Å². The third kappa shape index (κ3) is 11.8. The van der Waals surface area contributed by atoms with Crippen molar-refractivity contribution in [2.45, 2.75) is 47.5 Å². The quantitative estimate of drug-likeness (QED) is 0.348. The number of aliphatic imine (C=N–C) groups is 1. The van der Waals surface area contributed by atoms with Crippen LogP contribution >= 0.6 is 24.0 Å². The summed E-state index contributed by atoms with van der Waals surface area (Å²) in [4.78, 5) is 18.2. The van der Waals surface area contributed by atoms with Crippen LogP contribution in [-0.4, -0.2) is 49.5 Å². The van der Waals surface area contributed by atoms with E-state index >= 15 is 0 Å². The van der Waals surface area contributed by atoms with Crippen molar-refractivity contribution < 1.29 is 4.79 Å². The lowest BCUT2D eigenvalue weighted by molar-refractivity contribution is -0.130. The van der Waals surface area contributed by atoms with Crippen molar-refractivity contribution in [3.8, 4) is 0 Å². The molecule has 0 heterocycles. The highest BCUT2D eigenvalue weighted by Gasteiger charge is 2.08. The van der Waals surface area contributed by atoms with Crippen LogP contribution in [0.5, 0.6) is 0 Å². The zero-order valence-corrected chi connectivity index (χ0v) is 16.6. The number of amides is 1. The molecule has 0 atom stereocenters. The molecule has 6 heteroatoms. The van der Waals surface area contributed by atoms with E-state index in [1.165, 1.54) is 0 Å². The first kappa shape index (κ1) is 22.7. The Morgan fingerprint density at radius 2 is 1.76 bits per heavy atom. The van der Waals surface area contributed by atoms with E-state index in [0.29, 0.717) is 18.9 Å². The number of rotatable bonds is 9. The Kier molecular flexibility index (Phi) is 15.6. The van der Waals surface area contributed by atoms with Crippen LogP contribution < -0.4 is 10.6 Å². The SMILES string of the molecule is CCNC(=NCCC(C)C)NCCC(=O)N(CC)CC.I. The molecule has 0 fully saturated rings. The van der Waals surface area contributed by atoms with E-state index in [2.05, 4.69) is 29.5 Å². The van der Waals surface area contributed by atoms with Gasteiger partial charge in [-0.2, -0.15) is 0 Å². The fourth-order valence-corrected chi connectivity index (χ4v) is 1.80. The second-order valence-corrected chi connectivity index (χ2v) is 5.19. The van der Waals surface area contributed by atoms with Crippen LogP contribution in [0, 0.1) is 5.92 Å². The topological polar surface area (TPSA) is 56.7 Å². The molecule has 0 aromatic heterocycles. The highest BCUT2D eigenvalue weighted by Crippen LogP contribution is 1.98. The molecule has 2 N–H and O–H groups in total. The molecule has 0 aromatic rings. The highest BCUT2D eigenvalue weighted by molar-refractivity contribution is 14.0. The Labute approximate surface area is 147 Å². The van der Waals surface area contributed by atoms with Crippen LogP contribution in [0.3, 0.4) is 0 Å². The number of nitrogens with one attached hydrogen (secondary N) is 2. The van der Waals surface area contributed by atoms with Gasteiger partial charge in [0.05, 0.1) is 0 Å². The maximum Gasteiger partial charge on any atom is 0.224 e. The van der Waals surface area contributed by atoms with Gasteiger partial charge in [0.2, 0.25) is 5.91 Å². The van der Waals surface area contributed by atoms with E-state index in [0.717, 1.165) is 38.6 Å². The number of halogens is 1. The van der Waals surface area contributed by atoms with Gasteiger partial charge in [-0.05, 0) is 33.1 Å². The van der Waals surface area contributed by atoms with E-state index < -0.39 is 0 Å². The molecule has 0 unspecified atom stereocenters. The lowest BCUT2D eigenvalue weighted by atomic mass is 10.1. The van der Waals surface area contributed by atoms with Crippen LogP contribution in [0.4, 0.5) is 0 Å². The summed E-state index contributed by atoms with van der Waals surface area (Å²) in [6.07, 6.45) is 1.59. The van der Waals surface area contributed by atoms with Gasteiger partial charge in [-0.25, -0.2) is 0 Å². The zero-order valence-electron chi connectivity index (χ0n) is 14.2. The molecule has 0 saturated carbocycles. The van der Waals surface area contributed by atoms with Gasteiger partial charge in [-0.3, -0.25) is 9.79 Å². The molecule has 0 aromatic carbocycles. The Balaban J connectivity index is 0. The summed E-state index contributed by atoms with van der Waals surface area (Å²) in [5, 5.41) is 6.42. The number of carbonyl (C=O) groups excluding carboxylic acids is 1. The lowest BCUT2D eigenvalue weighted by Gasteiger charge is -2.19. The minimum Gasteiger partial charge on any atom is -0.357 e. The van der Waals surface area contributed by atoms with Crippen LogP contribution in [0.2, 0.25) is 0 Å². The maximum absolute atomic E-state index is 11.9. The third-order valence-electron chi connectivity index (χ3n) is 3.07. The Hall–Kier alpha value is -0.530. The number of hydrogen-bond donors (Lipinski definition) is 2. The van der Waals surface area contributed by atoms with Gasteiger partial charge in [0, 0.05) is 39.1 Å². The minimum atomic E-state index is 0. The van der Waals surface area contributed by atoms with Gasteiger partial charge in [-0.15, -0.1) is 24.0 Å². The van der Waals surface area contributed by atoms with Crippen LogP contribution in [0.1, 0.15) is 47.5 Å². The van der Waals surface area contributed by atoms with E-state index in [4.69, 9.17) is 0 Å². The molecule has 0 saturated heterocycles. The maximum atomic E-state index is 11.9. The Morgan fingerprint density at radius 1 is 1.14 bits per heavy atom. The normalized spacial score (nSPS) is 11.0. The summed E-state index contributed by atoms with van der Waals surface area (Å²) in [5.74, 6) is 1.66. The molecule has 21 heavy (non-hydrogen) atoms. The molecule has 126 valence electrons. The van der Waals surface area contributed by atoms with E-state index in [1.807, 2.05) is 25.7 Å². The molecule has 1 amide bonds. The molecule has 0 bridgehead atoms. The summed E-state index contributed by atoms with van der Waals surface area (Å²) in [6.45, 7) is 14.3. The molecular formula is C15H33IN4O. The van der Waals surface area contributed by atoms with E-state index in [9.17, 15) is 4.79 Å². The number of nitrogens with zero attached hydrogens (tertiary/aromatic N) is 2. The molecule has 0 rings (SSSR count). The van der Waals surface area contributed by atoms with Gasteiger partial charge in [0.1, 0.15) is 0 Å². The summed E-state index contributed by atoms with van der Waals surface area (Å²) in [5.41, 5.74) is 0. The average Bonchev–Trinajstić information content (AvgIpc) is 2.39. The molecule has 0 aliphatic carbocycles. The molecule has 0 spiro atoms. The monoisotopic (exact) mass is 412 g/mol. The van der Waals surface area contributed by atoms with Crippen molar-refractivity contribution in [1.29, 1.82) is 0 Å². The van der Waals surface area contributed by atoms with E-state index in [1.54, 1.807) is 0 Å². The van der Waals surface area contributed by atoms with Gasteiger partial charge in [0.25, 0.3) is 0 Å². The van der Waals surface area contributed by atoms with Crippen LogP contribution in [0.15, 0.2) is 4.99 Å². The molecular weight excluding hydrogens is 379 g/mol. The smallest absolute Gasteiger partial charge is 0.224 e. The fourth-order valence-electron chi connectivity index (χ4n) is 1.80. The number of carbonyl (C=O) groups is 1. The first-order valence-electron chi connectivity index (χ1n) is 7.84. The summed E-state index contributed by atoms with van der Waals surface area (Å²) in [7, 11) is 0. The predicted molar refractivity (Wildman–Crippen MR) is 101 cm³/mol. The first-order valence-corrected chi connectivity index (χ1v) is 7.84. The predicted octanol–water partition coefficient (Wildman–Crippen LogP) is 2.46. The van der Waals surface area contributed by atoms with Crippen molar-refractivity contribution in [3.05, 3.63) is 0 Å². The number of guanidine groups is 1. The second-order valence-electron chi connectivity index (χ2n) is 5.19. The summed E-state index contributed by atoms with van der Waals surface area (Å²) >= 11 is 0. The standard InChI is InChI=1S/C15H32N4O.HI/c1-6-16-15(17-11-9-13(4)5)18-12-10-14(20)19(7-2)8-3;/h13H,6-12H2,1-5H3,(H2,16,17,18);1H. The van der Waals surface area contributed by atoms with E-state index in [-0.39, 0.29) is 29.9 Å². The molecule has 0 radical (unpaired) electrons. The van der Waals surface area contributed by atoms with Gasteiger partial charge >= 0.3 is 0 Å². The summed E-state index contributed by atoms with van der Waals surface area (Å²) in [6, 6.07) is 0. The largest absolute Gasteiger partial charge is 0.357 e. The summed E-state index contributed by atoms with van der Waals surface area (Å²) < 4.78 is 0. The van der Waals surface area contributed by atoms with Crippen molar-refractivity contribution in [1.82, 2.24) is 15.5 Å². The lowest BCUT2D eigenvalue weighted by Crippen LogP contribution is -2.40. The Morgan fingerprint density at radius 3 is 2.24 bits per heavy atom. The average molecular weight is 412 g/mol. The van der Waals surface area contributed by atoms with Crippen LogP contribution in [-0.2, 0) is 4.79 Å². The van der Waals surface area contributed by atoms with Crippen molar-refractivity contribution in [3.63, 3.8) is 0 Å². The Bertz CT molecular complexity index is 291.